The topological polar surface area (TPSA) is 105 Å². The van der Waals surface area contributed by atoms with Crippen LogP contribution in [-0.4, -0.2) is 37.8 Å². The number of hydrogen-bond donors (Lipinski definition) is 2. The second-order valence-corrected chi connectivity index (χ2v) is 10.1. The molecular weight excluding hydrogens is 398 g/mol. The SMILES string of the molecule is O=C(NC[C@H](c1cccnc1)S(=O)(=O)c1cccs1)C(=O)NC1CCCCC1. The van der Waals surface area contributed by atoms with Crippen molar-refractivity contribution in [3.63, 3.8) is 0 Å². The maximum absolute atomic E-state index is 13.0. The van der Waals surface area contributed by atoms with E-state index in [9.17, 15) is 18.0 Å². The van der Waals surface area contributed by atoms with E-state index in [-0.39, 0.29) is 16.8 Å². The molecule has 1 fully saturated rings. The van der Waals surface area contributed by atoms with Crippen molar-refractivity contribution in [3.8, 4) is 0 Å². The second kappa shape index (κ2) is 9.29. The Balaban J connectivity index is 1.70. The zero-order chi connectivity index (χ0) is 20.0. The number of amides is 2. The lowest BCUT2D eigenvalue weighted by Crippen LogP contribution is -2.46. The van der Waals surface area contributed by atoms with Crippen molar-refractivity contribution < 1.29 is 18.0 Å². The molecule has 2 amide bonds. The fraction of sp³-hybridized carbons (Fsp3) is 0.421. The zero-order valence-corrected chi connectivity index (χ0v) is 17.0. The highest BCUT2D eigenvalue weighted by Crippen LogP contribution is 2.30. The molecule has 0 saturated heterocycles. The van der Waals surface area contributed by atoms with E-state index < -0.39 is 26.9 Å². The van der Waals surface area contributed by atoms with Crippen LogP contribution in [0.25, 0.3) is 0 Å². The molecule has 0 spiro atoms. The normalized spacial score (nSPS) is 16.3. The summed E-state index contributed by atoms with van der Waals surface area (Å²) in [5, 5.41) is 5.89. The monoisotopic (exact) mass is 421 g/mol. The van der Waals surface area contributed by atoms with E-state index in [1.54, 1.807) is 29.8 Å². The van der Waals surface area contributed by atoms with Gasteiger partial charge < -0.3 is 10.6 Å². The number of thiophene rings is 1. The van der Waals surface area contributed by atoms with E-state index in [4.69, 9.17) is 0 Å². The summed E-state index contributed by atoms with van der Waals surface area (Å²) in [6.45, 7) is -0.206. The molecule has 0 bridgehead atoms. The van der Waals surface area contributed by atoms with Gasteiger partial charge in [0, 0.05) is 25.0 Å². The van der Waals surface area contributed by atoms with E-state index in [1.165, 1.54) is 12.3 Å². The average molecular weight is 422 g/mol. The molecule has 1 aliphatic carbocycles. The van der Waals surface area contributed by atoms with Gasteiger partial charge in [0.05, 0.1) is 0 Å². The van der Waals surface area contributed by atoms with Gasteiger partial charge in [-0.1, -0.05) is 31.4 Å². The van der Waals surface area contributed by atoms with Crippen LogP contribution in [-0.2, 0) is 19.4 Å². The molecule has 9 heteroatoms. The highest BCUT2D eigenvalue weighted by atomic mass is 32.2. The Morgan fingerprint density at radius 3 is 2.57 bits per heavy atom. The number of carbonyl (C=O) groups excluding carboxylic acids is 2. The number of carbonyl (C=O) groups is 2. The van der Waals surface area contributed by atoms with Gasteiger partial charge in [-0.3, -0.25) is 14.6 Å². The summed E-state index contributed by atoms with van der Waals surface area (Å²) in [5.74, 6) is -1.54. The van der Waals surface area contributed by atoms with Crippen molar-refractivity contribution in [2.75, 3.05) is 6.54 Å². The number of aromatic nitrogens is 1. The minimum atomic E-state index is -3.73. The van der Waals surface area contributed by atoms with Crippen LogP contribution < -0.4 is 10.6 Å². The Morgan fingerprint density at radius 2 is 1.93 bits per heavy atom. The van der Waals surface area contributed by atoms with Crippen LogP contribution in [0.4, 0.5) is 0 Å². The van der Waals surface area contributed by atoms with Gasteiger partial charge in [-0.15, -0.1) is 11.3 Å². The summed E-state index contributed by atoms with van der Waals surface area (Å²) in [6, 6.07) is 6.49. The van der Waals surface area contributed by atoms with E-state index in [0.717, 1.165) is 43.4 Å². The highest BCUT2D eigenvalue weighted by molar-refractivity contribution is 7.93. The van der Waals surface area contributed by atoms with Crippen LogP contribution in [0.1, 0.15) is 42.9 Å². The molecule has 2 aromatic heterocycles. The molecule has 1 saturated carbocycles. The van der Waals surface area contributed by atoms with Crippen LogP contribution in [0.5, 0.6) is 0 Å². The first kappa shape index (κ1) is 20.5. The molecule has 2 aromatic rings. The Kier molecular flexibility index (Phi) is 6.79. The lowest BCUT2D eigenvalue weighted by Gasteiger charge is -2.22. The van der Waals surface area contributed by atoms with Crippen molar-refractivity contribution in [2.45, 2.75) is 47.6 Å². The lowest BCUT2D eigenvalue weighted by atomic mass is 9.95. The summed E-state index contributed by atoms with van der Waals surface area (Å²) in [6.07, 6.45) is 7.96. The fourth-order valence-corrected chi connectivity index (χ4v) is 6.15. The third kappa shape index (κ3) is 4.96. The fourth-order valence-electron chi connectivity index (χ4n) is 3.30. The van der Waals surface area contributed by atoms with Crippen molar-refractivity contribution >= 4 is 33.0 Å². The molecular formula is C19H23N3O4S2. The van der Waals surface area contributed by atoms with Gasteiger partial charge in [-0.05, 0) is 35.9 Å². The third-order valence-corrected chi connectivity index (χ3v) is 8.33. The van der Waals surface area contributed by atoms with Gasteiger partial charge >= 0.3 is 11.8 Å². The molecule has 3 rings (SSSR count). The average Bonchev–Trinajstić information content (AvgIpc) is 3.25. The van der Waals surface area contributed by atoms with Gasteiger partial charge in [0.1, 0.15) is 9.46 Å². The molecule has 150 valence electrons. The van der Waals surface area contributed by atoms with Gasteiger partial charge in [0.2, 0.25) is 0 Å². The van der Waals surface area contributed by atoms with Crippen LogP contribution in [0, 0.1) is 0 Å². The van der Waals surface area contributed by atoms with Crippen LogP contribution in [0.2, 0.25) is 0 Å². The maximum Gasteiger partial charge on any atom is 0.309 e. The Morgan fingerprint density at radius 1 is 1.14 bits per heavy atom. The van der Waals surface area contributed by atoms with E-state index >= 15 is 0 Å². The maximum atomic E-state index is 13.0. The summed E-state index contributed by atoms with van der Waals surface area (Å²) >= 11 is 1.12. The molecule has 7 nitrogen and oxygen atoms in total. The molecule has 0 unspecified atom stereocenters. The molecule has 0 radical (unpaired) electrons. The smallest absolute Gasteiger partial charge is 0.309 e. The number of hydrogen-bond acceptors (Lipinski definition) is 6. The van der Waals surface area contributed by atoms with Crippen molar-refractivity contribution in [1.29, 1.82) is 0 Å². The Labute approximate surface area is 168 Å². The van der Waals surface area contributed by atoms with Gasteiger partial charge in [0.25, 0.3) is 0 Å². The van der Waals surface area contributed by atoms with E-state index in [2.05, 4.69) is 15.6 Å². The summed E-state index contributed by atoms with van der Waals surface area (Å²) in [4.78, 5) is 28.4. The molecule has 1 atom stereocenters. The largest absolute Gasteiger partial charge is 0.346 e. The summed E-state index contributed by atoms with van der Waals surface area (Å²) in [7, 11) is -3.73. The second-order valence-electron chi connectivity index (χ2n) is 6.77. The number of rotatable bonds is 6. The van der Waals surface area contributed by atoms with E-state index in [0.29, 0.717) is 5.56 Å². The van der Waals surface area contributed by atoms with Gasteiger partial charge in [0.15, 0.2) is 9.84 Å². The van der Waals surface area contributed by atoms with Crippen molar-refractivity contribution in [1.82, 2.24) is 15.6 Å². The van der Waals surface area contributed by atoms with Crippen LogP contribution in [0.15, 0.2) is 46.2 Å². The highest BCUT2D eigenvalue weighted by Gasteiger charge is 2.31. The first-order valence-electron chi connectivity index (χ1n) is 9.24. The van der Waals surface area contributed by atoms with Crippen LogP contribution in [0.3, 0.4) is 0 Å². The molecule has 2 N–H and O–H groups in total. The molecule has 1 aliphatic rings. The Bertz CT molecular complexity index is 893. The predicted octanol–water partition coefficient (Wildman–Crippen LogP) is 2.22. The van der Waals surface area contributed by atoms with Crippen molar-refractivity contribution in [2.24, 2.45) is 0 Å². The lowest BCUT2D eigenvalue weighted by molar-refractivity contribution is -0.139. The first-order valence-corrected chi connectivity index (χ1v) is 11.7. The quantitative estimate of drug-likeness (QED) is 0.696. The minimum absolute atomic E-state index is 0.0102. The minimum Gasteiger partial charge on any atom is -0.346 e. The van der Waals surface area contributed by atoms with Gasteiger partial charge in [-0.25, -0.2) is 8.42 Å². The number of nitrogens with zero attached hydrogens (tertiary/aromatic N) is 1. The third-order valence-electron chi connectivity index (χ3n) is 4.80. The summed E-state index contributed by atoms with van der Waals surface area (Å²) in [5.41, 5.74) is 0.462. The molecule has 0 aliphatic heterocycles. The van der Waals surface area contributed by atoms with Crippen molar-refractivity contribution in [3.05, 3.63) is 47.6 Å². The molecule has 0 aromatic carbocycles. The number of nitrogens with one attached hydrogen (secondary N) is 2. The van der Waals surface area contributed by atoms with E-state index in [1.807, 2.05) is 0 Å². The number of pyridine rings is 1. The number of sulfone groups is 1. The van der Waals surface area contributed by atoms with Crippen LogP contribution >= 0.6 is 11.3 Å². The molecule has 28 heavy (non-hydrogen) atoms. The first-order chi connectivity index (χ1) is 13.5. The molecule has 2 heterocycles. The standard InChI is InChI=1S/C19H23N3O4S2/c23-18(19(24)22-15-7-2-1-3-8-15)21-13-16(14-6-4-10-20-12-14)28(25,26)17-9-5-11-27-17/h4-6,9-12,15-16H,1-3,7-8,13H2,(H,21,23)(H,22,24)/t16-/m1/s1. The zero-order valence-electron chi connectivity index (χ0n) is 15.3. The Hall–Kier alpha value is -2.26. The summed E-state index contributed by atoms with van der Waals surface area (Å²) < 4.78 is 26.3. The predicted molar refractivity (Wildman–Crippen MR) is 107 cm³/mol. The van der Waals surface area contributed by atoms with Gasteiger partial charge in [-0.2, -0.15) is 0 Å².